The fraction of sp³-hybridized carbons (Fsp3) is 0.583. The first-order valence-corrected chi connectivity index (χ1v) is 6.43. The Bertz CT molecular complexity index is 388. The average Bonchev–Trinajstić information content (AvgIpc) is 3.15. The van der Waals surface area contributed by atoms with Crippen molar-refractivity contribution in [2.75, 3.05) is 17.2 Å². The van der Waals surface area contributed by atoms with Gasteiger partial charge in [-0.05, 0) is 31.4 Å². The van der Waals surface area contributed by atoms with E-state index in [1.165, 1.54) is 0 Å². The quantitative estimate of drug-likeness (QED) is 0.673. The number of hydrogen-bond donors (Lipinski definition) is 3. The number of nitrogens with one attached hydrogen (secondary N) is 3. The Morgan fingerprint density at radius 3 is 2.67 bits per heavy atom. The summed E-state index contributed by atoms with van der Waals surface area (Å²) in [6, 6.07) is 3.69. The second-order valence-electron chi connectivity index (χ2n) is 4.46. The summed E-state index contributed by atoms with van der Waals surface area (Å²) in [5, 5.41) is 16.6. The zero-order valence-corrected chi connectivity index (χ0v) is 10.6. The van der Waals surface area contributed by atoms with Gasteiger partial charge >= 0.3 is 6.03 Å². The molecule has 0 bridgehead atoms. The Kier molecular flexibility index (Phi) is 4.33. The maximum atomic E-state index is 11.5. The largest absolute Gasteiger partial charge is 0.369 e. The van der Waals surface area contributed by atoms with Gasteiger partial charge in [0.15, 0.2) is 5.82 Å². The number of carbonyl (C=O) groups is 1. The van der Waals surface area contributed by atoms with Gasteiger partial charge in [0, 0.05) is 12.6 Å². The van der Waals surface area contributed by atoms with Gasteiger partial charge < -0.3 is 10.6 Å². The first kappa shape index (κ1) is 12.6. The summed E-state index contributed by atoms with van der Waals surface area (Å²) in [5.74, 6) is 1.20. The van der Waals surface area contributed by atoms with E-state index >= 15 is 0 Å². The monoisotopic (exact) mass is 249 g/mol. The number of unbranched alkanes of at least 4 members (excludes halogenated alkanes) is 1. The van der Waals surface area contributed by atoms with Crippen molar-refractivity contribution < 1.29 is 4.79 Å². The van der Waals surface area contributed by atoms with Crippen LogP contribution in [-0.4, -0.2) is 28.8 Å². The minimum atomic E-state index is -0.210. The SMILES string of the molecule is CCCCNc1ccc(NC(=O)NC2CC2)nn1. The Hall–Kier alpha value is -1.85. The number of anilines is 2. The van der Waals surface area contributed by atoms with E-state index in [4.69, 9.17) is 0 Å². The number of carbonyl (C=O) groups excluding carboxylic acids is 1. The van der Waals surface area contributed by atoms with Crippen molar-refractivity contribution in [1.82, 2.24) is 15.5 Å². The van der Waals surface area contributed by atoms with Gasteiger partial charge in [0.25, 0.3) is 0 Å². The van der Waals surface area contributed by atoms with Crippen LogP contribution in [0.15, 0.2) is 12.1 Å². The third-order valence-corrected chi connectivity index (χ3v) is 2.66. The molecule has 2 amide bonds. The number of nitrogens with zero attached hydrogens (tertiary/aromatic N) is 2. The highest BCUT2D eigenvalue weighted by Crippen LogP contribution is 2.18. The standard InChI is InChI=1S/C12H19N5O/c1-2-3-8-13-10-6-7-11(17-16-10)15-12(18)14-9-4-5-9/h6-7,9H,2-5,8H2,1H3,(H,13,16)(H2,14,15,17,18). The Balaban J connectivity index is 1.77. The zero-order valence-electron chi connectivity index (χ0n) is 10.6. The molecule has 3 N–H and O–H groups in total. The van der Waals surface area contributed by atoms with E-state index in [-0.39, 0.29) is 6.03 Å². The molecule has 1 aromatic rings. The van der Waals surface area contributed by atoms with Gasteiger partial charge in [-0.25, -0.2) is 4.79 Å². The van der Waals surface area contributed by atoms with Gasteiger partial charge in [0.05, 0.1) is 0 Å². The van der Waals surface area contributed by atoms with Crippen LogP contribution < -0.4 is 16.0 Å². The van der Waals surface area contributed by atoms with Crippen molar-refractivity contribution in [3.63, 3.8) is 0 Å². The summed E-state index contributed by atoms with van der Waals surface area (Å²) in [7, 11) is 0. The number of amides is 2. The van der Waals surface area contributed by atoms with Crippen molar-refractivity contribution in [2.24, 2.45) is 0 Å². The van der Waals surface area contributed by atoms with E-state index in [9.17, 15) is 4.79 Å². The van der Waals surface area contributed by atoms with Crippen LogP contribution in [0.4, 0.5) is 16.4 Å². The molecule has 6 heteroatoms. The smallest absolute Gasteiger partial charge is 0.320 e. The summed E-state index contributed by atoms with van der Waals surface area (Å²) in [6.45, 7) is 3.03. The molecule has 0 radical (unpaired) electrons. The summed E-state index contributed by atoms with van der Waals surface area (Å²) < 4.78 is 0. The second-order valence-corrected chi connectivity index (χ2v) is 4.46. The average molecular weight is 249 g/mol. The molecule has 0 saturated heterocycles. The lowest BCUT2D eigenvalue weighted by Crippen LogP contribution is -2.30. The van der Waals surface area contributed by atoms with E-state index in [1.807, 2.05) is 6.07 Å². The van der Waals surface area contributed by atoms with Crippen LogP contribution in [0.3, 0.4) is 0 Å². The molecular formula is C12H19N5O. The highest BCUT2D eigenvalue weighted by atomic mass is 16.2. The first-order chi connectivity index (χ1) is 8.78. The molecule has 0 atom stereocenters. The Morgan fingerprint density at radius 2 is 2.06 bits per heavy atom. The molecule has 1 saturated carbocycles. The molecule has 2 rings (SSSR count). The van der Waals surface area contributed by atoms with Crippen LogP contribution in [0.1, 0.15) is 32.6 Å². The molecule has 0 aromatic carbocycles. The molecule has 1 aromatic heterocycles. The van der Waals surface area contributed by atoms with E-state index < -0.39 is 0 Å². The Morgan fingerprint density at radius 1 is 1.33 bits per heavy atom. The van der Waals surface area contributed by atoms with Crippen molar-refractivity contribution in [3.8, 4) is 0 Å². The fourth-order valence-electron chi connectivity index (χ4n) is 1.45. The summed E-state index contributed by atoms with van der Waals surface area (Å²) in [6.07, 6.45) is 4.38. The predicted octanol–water partition coefficient (Wildman–Crippen LogP) is 1.97. The molecule has 98 valence electrons. The predicted molar refractivity (Wildman–Crippen MR) is 70.6 cm³/mol. The van der Waals surface area contributed by atoms with E-state index in [0.717, 1.165) is 38.0 Å². The molecule has 0 aliphatic heterocycles. The van der Waals surface area contributed by atoms with Crippen molar-refractivity contribution in [1.29, 1.82) is 0 Å². The van der Waals surface area contributed by atoms with Crippen LogP contribution in [0.5, 0.6) is 0 Å². The Labute approximate surface area is 107 Å². The van der Waals surface area contributed by atoms with Gasteiger partial charge in [-0.15, -0.1) is 10.2 Å². The number of rotatable bonds is 6. The maximum absolute atomic E-state index is 11.5. The molecule has 18 heavy (non-hydrogen) atoms. The van der Waals surface area contributed by atoms with Gasteiger partial charge in [0.1, 0.15) is 5.82 Å². The lowest BCUT2D eigenvalue weighted by atomic mass is 10.3. The molecular weight excluding hydrogens is 230 g/mol. The summed E-state index contributed by atoms with van der Waals surface area (Å²) >= 11 is 0. The number of aromatic nitrogens is 2. The van der Waals surface area contributed by atoms with Gasteiger partial charge in [-0.3, -0.25) is 5.32 Å². The minimum absolute atomic E-state index is 0.210. The summed E-state index contributed by atoms with van der Waals surface area (Å²) in [4.78, 5) is 11.5. The second kappa shape index (κ2) is 6.18. The third-order valence-electron chi connectivity index (χ3n) is 2.66. The van der Waals surface area contributed by atoms with Crippen molar-refractivity contribution in [2.45, 2.75) is 38.6 Å². The van der Waals surface area contributed by atoms with Crippen LogP contribution in [0.25, 0.3) is 0 Å². The lowest BCUT2D eigenvalue weighted by Gasteiger charge is -2.06. The molecule has 1 fully saturated rings. The van der Waals surface area contributed by atoms with E-state index in [1.54, 1.807) is 6.07 Å². The van der Waals surface area contributed by atoms with Crippen LogP contribution >= 0.6 is 0 Å². The molecule has 0 unspecified atom stereocenters. The van der Waals surface area contributed by atoms with Crippen LogP contribution in [0.2, 0.25) is 0 Å². The minimum Gasteiger partial charge on any atom is -0.369 e. The highest BCUT2D eigenvalue weighted by Gasteiger charge is 2.23. The van der Waals surface area contributed by atoms with Gasteiger partial charge in [-0.2, -0.15) is 0 Å². The molecule has 1 heterocycles. The lowest BCUT2D eigenvalue weighted by molar-refractivity contribution is 0.251. The van der Waals surface area contributed by atoms with Crippen LogP contribution in [0, 0.1) is 0 Å². The van der Waals surface area contributed by atoms with E-state index in [0.29, 0.717) is 11.9 Å². The normalized spacial score (nSPS) is 14.1. The summed E-state index contributed by atoms with van der Waals surface area (Å²) in [5.41, 5.74) is 0. The maximum Gasteiger partial charge on any atom is 0.320 e. The molecule has 1 aliphatic carbocycles. The zero-order chi connectivity index (χ0) is 12.8. The molecule has 0 spiro atoms. The van der Waals surface area contributed by atoms with Gasteiger partial charge in [-0.1, -0.05) is 13.3 Å². The topological polar surface area (TPSA) is 78.9 Å². The van der Waals surface area contributed by atoms with Crippen molar-refractivity contribution in [3.05, 3.63) is 12.1 Å². The van der Waals surface area contributed by atoms with E-state index in [2.05, 4.69) is 33.1 Å². The molecule has 6 nitrogen and oxygen atoms in total. The van der Waals surface area contributed by atoms with Crippen molar-refractivity contribution >= 4 is 17.7 Å². The molecule has 1 aliphatic rings. The first-order valence-electron chi connectivity index (χ1n) is 6.43. The van der Waals surface area contributed by atoms with Crippen LogP contribution in [-0.2, 0) is 0 Å². The number of hydrogen-bond acceptors (Lipinski definition) is 4. The third kappa shape index (κ3) is 4.20. The van der Waals surface area contributed by atoms with Gasteiger partial charge in [0.2, 0.25) is 0 Å². The number of urea groups is 1. The highest BCUT2D eigenvalue weighted by molar-refractivity contribution is 5.88. The fourth-order valence-corrected chi connectivity index (χ4v) is 1.45.